The molecule has 0 aromatic heterocycles. The van der Waals surface area contributed by atoms with Gasteiger partial charge in [0.05, 0.1) is 16.8 Å². The maximum absolute atomic E-state index is 11.9. The standard InChI is InChI=1S/C14H20ClN3O2/c1-3-4-5-11(16)14(20)18-12-8-9(13(19)17-2)6-7-10(12)15/h6-8,11H,3-5,16H2,1-2H3,(H,17,19)(H,18,20). The molecule has 0 spiro atoms. The zero-order valence-corrected chi connectivity index (χ0v) is 12.5. The van der Waals surface area contributed by atoms with Crippen LogP contribution in [-0.2, 0) is 4.79 Å². The number of rotatable bonds is 6. The predicted octanol–water partition coefficient (Wildman–Crippen LogP) is 2.16. The Labute approximate surface area is 123 Å². The van der Waals surface area contributed by atoms with Crippen molar-refractivity contribution in [3.05, 3.63) is 28.8 Å². The number of benzene rings is 1. The van der Waals surface area contributed by atoms with Gasteiger partial charge >= 0.3 is 0 Å². The molecular weight excluding hydrogens is 278 g/mol. The largest absolute Gasteiger partial charge is 0.355 e. The third kappa shape index (κ3) is 4.51. The fourth-order valence-electron chi connectivity index (χ4n) is 1.69. The number of unbranched alkanes of at least 4 members (excludes halogenated alkanes) is 1. The first-order valence-electron chi connectivity index (χ1n) is 6.57. The van der Waals surface area contributed by atoms with Crippen LogP contribution >= 0.6 is 11.6 Å². The van der Waals surface area contributed by atoms with E-state index in [1.165, 1.54) is 13.1 Å². The van der Waals surface area contributed by atoms with Crippen molar-refractivity contribution in [2.24, 2.45) is 5.73 Å². The Morgan fingerprint density at radius 1 is 1.40 bits per heavy atom. The minimum Gasteiger partial charge on any atom is -0.355 e. The first-order valence-corrected chi connectivity index (χ1v) is 6.95. The normalized spacial score (nSPS) is 11.8. The van der Waals surface area contributed by atoms with E-state index in [0.29, 0.717) is 22.7 Å². The maximum atomic E-state index is 11.9. The molecule has 1 unspecified atom stereocenters. The van der Waals surface area contributed by atoms with Gasteiger partial charge in [-0.2, -0.15) is 0 Å². The average molecular weight is 298 g/mol. The van der Waals surface area contributed by atoms with Crippen molar-refractivity contribution in [1.29, 1.82) is 0 Å². The van der Waals surface area contributed by atoms with E-state index in [2.05, 4.69) is 10.6 Å². The van der Waals surface area contributed by atoms with Crippen LogP contribution in [0, 0.1) is 0 Å². The lowest BCUT2D eigenvalue weighted by Crippen LogP contribution is -2.35. The molecule has 0 aliphatic rings. The second-order valence-electron chi connectivity index (χ2n) is 4.51. The minimum absolute atomic E-state index is 0.243. The number of hydrogen-bond donors (Lipinski definition) is 3. The Bertz CT molecular complexity index is 491. The fourth-order valence-corrected chi connectivity index (χ4v) is 1.85. The molecule has 20 heavy (non-hydrogen) atoms. The van der Waals surface area contributed by atoms with Crippen LogP contribution in [0.4, 0.5) is 5.69 Å². The summed E-state index contributed by atoms with van der Waals surface area (Å²) >= 11 is 6.01. The molecule has 0 heterocycles. The van der Waals surface area contributed by atoms with Crippen LogP contribution in [-0.4, -0.2) is 24.9 Å². The molecule has 1 aromatic rings. The van der Waals surface area contributed by atoms with Gasteiger partial charge in [-0.1, -0.05) is 31.4 Å². The van der Waals surface area contributed by atoms with E-state index in [1.807, 2.05) is 6.92 Å². The zero-order chi connectivity index (χ0) is 15.1. The molecule has 4 N–H and O–H groups in total. The fraction of sp³-hybridized carbons (Fsp3) is 0.429. The van der Waals surface area contributed by atoms with Gasteiger partial charge in [-0.3, -0.25) is 9.59 Å². The van der Waals surface area contributed by atoms with Crippen LogP contribution in [0.3, 0.4) is 0 Å². The Hall–Kier alpha value is -1.59. The molecule has 0 bridgehead atoms. The van der Waals surface area contributed by atoms with Gasteiger partial charge in [0.15, 0.2) is 0 Å². The van der Waals surface area contributed by atoms with Gasteiger partial charge in [0.25, 0.3) is 5.91 Å². The third-order valence-corrected chi connectivity index (χ3v) is 3.25. The van der Waals surface area contributed by atoms with Crippen molar-refractivity contribution in [3.8, 4) is 0 Å². The van der Waals surface area contributed by atoms with Crippen LogP contribution in [0.2, 0.25) is 5.02 Å². The highest BCUT2D eigenvalue weighted by atomic mass is 35.5. The number of nitrogens with one attached hydrogen (secondary N) is 2. The van der Waals surface area contributed by atoms with Gasteiger partial charge in [-0.25, -0.2) is 0 Å². The zero-order valence-electron chi connectivity index (χ0n) is 11.7. The molecule has 0 aliphatic carbocycles. The molecule has 6 heteroatoms. The van der Waals surface area contributed by atoms with E-state index in [4.69, 9.17) is 17.3 Å². The van der Waals surface area contributed by atoms with Crippen LogP contribution < -0.4 is 16.4 Å². The van der Waals surface area contributed by atoms with E-state index in [1.54, 1.807) is 12.1 Å². The number of carbonyl (C=O) groups excluding carboxylic acids is 2. The van der Waals surface area contributed by atoms with E-state index in [-0.39, 0.29) is 11.8 Å². The number of halogens is 1. The summed E-state index contributed by atoms with van der Waals surface area (Å²) in [6, 6.07) is 4.12. The van der Waals surface area contributed by atoms with Gasteiger partial charge in [0, 0.05) is 12.6 Å². The Morgan fingerprint density at radius 2 is 2.10 bits per heavy atom. The van der Waals surface area contributed by atoms with E-state index < -0.39 is 6.04 Å². The van der Waals surface area contributed by atoms with Crippen molar-refractivity contribution in [3.63, 3.8) is 0 Å². The lowest BCUT2D eigenvalue weighted by atomic mass is 10.1. The predicted molar refractivity (Wildman–Crippen MR) is 81.0 cm³/mol. The summed E-state index contributed by atoms with van der Waals surface area (Å²) in [7, 11) is 1.54. The van der Waals surface area contributed by atoms with Crippen molar-refractivity contribution in [2.75, 3.05) is 12.4 Å². The van der Waals surface area contributed by atoms with Gasteiger partial charge in [-0.15, -0.1) is 0 Å². The van der Waals surface area contributed by atoms with E-state index in [0.717, 1.165) is 12.8 Å². The molecule has 2 amide bonds. The molecule has 5 nitrogen and oxygen atoms in total. The summed E-state index contributed by atoms with van der Waals surface area (Å²) < 4.78 is 0. The van der Waals surface area contributed by atoms with Crippen LogP contribution in [0.15, 0.2) is 18.2 Å². The van der Waals surface area contributed by atoms with Crippen LogP contribution in [0.25, 0.3) is 0 Å². The third-order valence-electron chi connectivity index (χ3n) is 2.92. The summed E-state index contributed by atoms with van der Waals surface area (Å²) in [4.78, 5) is 23.5. The van der Waals surface area contributed by atoms with Crippen molar-refractivity contribution < 1.29 is 9.59 Å². The molecule has 0 aliphatic heterocycles. The van der Waals surface area contributed by atoms with Crippen molar-refractivity contribution >= 4 is 29.1 Å². The van der Waals surface area contributed by atoms with Gasteiger partial charge < -0.3 is 16.4 Å². The molecule has 110 valence electrons. The first kappa shape index (κ1) is 16.5. The quantitative estimate of drug-likeness (QED) is 0.752. The minimum atomic E-state index is -0.574. The lowest BCUT2D eigenvalue weighted by Gasteiger charge is -2.13. The van der Waals surface area contributed by atoms with E-state index in [9.17, 15) is 9.59 Å². The maximum Gasteiger partial charge on any atom is 0.251 e. The second kappa shape index (κ2) is 7.87. The van der Waals surface area contributed by atoms with Crippen molar-refractivity contribution in [1.82, 2.24) is 5.32 Å². The Balaban J connectivity index is 2.80. The number of hydrogen-bond acceptors (Lipinski definition) is 3. The molecule has 0 radical (unpaired) electrons. The molecule has 1 atom stereocenters. The highest BCUT2D eigenvalue weighted by molar-refractivity contribution is 6.34. The average Bonchev–Trinajstić information content (AvgIpc) is 2.45. The number of anilines is 1. The van der Waals surface area contributed by atoms with Crippen molar-refractivity contribution in [2.45, 2.75) is 32.2 Å². The number of carbonyl (C=O) groups is 2. The monoisotopic (exact) mass is 297 g/mol. The second-order valence-corrected chi connectivity index (χ2v) is 4.92. The summed E-state index contributed by atoms with van der Waals surface area (Å²) in [6.07, 6.45) is 2.49. The highest BCUT2D eigenvalue weighted by Gasteiger charge is 2.15. The van der Waals surface area contributed by atoms with Crippen LogP contribution in [0.1, 0.15) is 36.5 Å². The summed E-state index contributed by atoms with van der Waals surface area (Å²) in [6.45, 7) is 2.04. The topological polar surface area (TPSA) is 84.2 Å². The van der Waals surface area contributed by atoms with Crippen LogP contribution in [0.5, 0.6) is 0 Å². The Morgan fingerprint density at radius 3 is 2.70 bits per heavy atom. The number of nitrogens with two attached hydrogens (primary N) is 1. The van der Waals surface area contributed by atoms with Gasteiger partial charge in [0.2, 0.25) is 5.91 Å². The summed E-state index contributed by atoms with van der Waals surface area (Å²) in [5.41, 5.74) is 6.61. The summed E-state index contributed by atoms with van der Waals surface area (Å²) in [5, 5.41) is 5.54. The molecule has 1 rings (SSSR count). The number of amides is 2. The van der Waals surface area contributed by atoms with Gasteiger partial charge in [-0.05, 0) is 24.6 Å². The van der Waals surface area contributed by atoms with E-state index >= 15 is 0 Å². The molecule has 1 aromatic carbocycles. The van der Waals surface area contributed by atoms with Gasteiger partial charge in [0.1, 0.15) is 0 Å². The highest BCUT2D eigenvalue weighted by Crippen LogP contribution is 2.23. The molecular formula is C14H20ClN3O2. The molecule has 0 fully saturated rings. The Kier molecular flexibility index (Phi) is 6.48. The molecule has 0 saturated carbocycles. The SMILES string of the molecule is CCCCC(N)C(=O)Nc1cc(C(=O)NC)ccc1Cl. The first-order chi connectivity index (χ1) is 9.49. The molecule has 0 saturated heterocycles. The smallest absolute Gasteiger partial charge is 0.251 e. The lowest BCUT2D eigenvalue weighted by molar-refractivity contribution is -0.117. The summed E-state index contributed by atoms with van der Waals surface area (Å²) in [5.74, 6) is -0.540.